The molecule has 0 heterocycles. The van der Waals surface area contributed by atoms with Crippen molar-refractivity contribution in [3.05, 3.63) is 11.1 Å². The molecule has 0 aromatic heterocycles. The summed E-state index contributed by atoms with van der Waals surface area (Å²) in [5.41, 5.74) is 0.108. The molecular formula is C30H44O6. The summed E-state index contributed by atoms with van der Waals surface area (Å²) in [6.45, 7) is 14.1. The van der Waals surface area contributed by atoms with E-state index in [1.165, 1.54) is 0 Å². The number of rotatable bonds is 6. The summed E-state index contributed by atoms with van der Waals surface area (Å²) < 4.78 is 0. The van der Waals surface area contributed by atoms with E-state index >= 15 is 0 Å². The van der Waals surface area contributed by atoms with Crippen molar-refractivity contribution >= 4 is 23.3 Å². The second kappa shape index (κ2) is 8.61. The van der Waals surface area contributed by atoms with E-state index in [0.29, 0.717) is 25.7 Å². The minimum Gasteiger partial charge on any atom is -0.481 e. The third-order valence-corrected chi connectivity index (χ3v) is 11.6. The first-order valence-electron chi connectivity index (χ1n) is 13.7. The Morgan fingerprint density at radius 2 is 1.67 bits per heavy atom. The Labute approximate surface area is 215 Å². The average Bonchev–Trinajstić information content (AvgIpc) is 2.97. The highest BCUT2D eigenvalue weighted by Crippen LogP contribution is 2.71. The van der Waals surface area contributed by atoms with Crippen LogP contribution >= 0.6 is 0 Å². The molecule has 0 spiro atoms. The SMILES string of the molecule is C[C@H](CC(=O)C[C@@H](C)[C@H]1C[C@H](O)[C@@]2(C)C3=C(C(=O)C[C@]12C)[C@@]1(C)CCC(=O)C(C)(C)[C@@H]1CC3)C(=O)O. The van der Waals surface area contributed by atoms with Gasteiger partial charge in [-0.15, -0.1) is 0 Å². The van der Waals surface area contributed by atoms with Gasteiger partial charge in [-0.1, -0.05) is 54.0 Å². The van der Waals surface area contributed by atoms with Gasteiger partial charge in [0.2, 0.25) is 0 Å². The quantitative estimate of drug-likeness (QED) is 0.521. The van der Waals surface area contributed by atoms with Crippen LogP contribution in [0.3, 0.4) is 0 Å². The third kappa shape index (κ3) is 3.60. The van der Waals surface area contributed by atoms with Crippen molar-refractivity contribution in [3.8, 4) is 0 Å². The molecule has 0 aliphatic heterocycles. The summed E-state index contributed by atoms with van der Waals surface area (Å²) in [7, 11) is 0. The summed E-state index contributed by atoms with van der Waals surface area (Å²) in [6, 6.07) is 0. The molecule has 4 aliphatic carbocycles. The summed E-state index contributed by atoms with van der Waals surface area (Å²) >= 11 is 0. The number of allylic oxidation sites excluding steroid dienone is 1. The monoisotopic (exact) mass is 500 g/mol. The third-order valence-electron chi connectivity index (χ3n) is 11.6. The molecule has 2 fully saturated rings. The van der Waals surface area contributed by atoms with E-state index in [4.69, 9.17) is 0 Å². The Bertz CT molecular complexity index is 1040. The van der Waals surface area contributed by atoms with Gasteiger partial charge in [0.1, 0.15) is 11.6 Å². The van der Waals surface area contributed by atoms with Gasteiger partial charge in [-0.3, -0.25) is 19.2 Å². The molecule has 0 amide bonds. The lowest BCUT2D eigenvalue weighted by Crippen LogP contribution is -2.57. The highest BCUT2D eigenvalue weighted by atomic mass is 16.4. The van der Waals surface area contributed by atoms with E-state index in [-0.39, 0.29) is 53.4 Å². The van der Waals surface area contributed by atoms with Gasteiger partial charge in [0.05, 0.1) is 12.0 Å². The Hall–Kier alpha value is -1.82. The average molecular weight is 501 g/mol. The Balaban J connectivity index is 1.70. The Morgan fingerprint density at radius 1 is 1.03 bits per heavy atom. The zero-order valence-corrected chi connectivity index (χ0v) is 23.1. The predicted octanol–water partition coefficient (Wildman–Crippen LogP) is 5.16. The van der Waals surface area contributed by atoms with E-state index in [9.17, 15) is 29.4 Å². The smallest absolute Gasteiger partial charge is 0.306 e. The van der Waals surface area contributed by atoms with Crippen LogP contribution in [0.1, 0.15) is 99.8 Å². The van der Waals surface area contributed by atoms with Crippen LogP contribution in [0.25, 0.3) is 0 Å². The van der Waals surface area contributed by atoms with Crippen molar-refractivity contribution < 1.29 is 29.4 Å². The van der Waals surface area contributed by atoms with Gasteiger partial charge in [-0.05, 0) is 48.9 Å². The van der Waals surface area contributed by atoms with E-state index < -0.39 is 34.2 Å². The molecule has 6 heteroatoms. The van der Waals surface area contributed by atoms with Gasteiger partial charge in [0.15, 0.2) is 5.78 Å². The van der Waals surface area contributed by atoms with Gasteiger partial charge < -0.3 is 10.2 Å². The number of carbonyl (C=O) groups excluding carboxylic acids is 3. The number of carboxylic acids is 1. The lowest BCUT2D eigenvalue weighted by molar-refractivity contribution is -0.143. The van der Waals surface area contributed by atoms with Gasteiger partial charge in [-0.25, -0.2) is 0 Å². The fourth-order valence-corrected chi connectivity index (χ4v) is 9.26. The van der Waals surface area contributed by atoms with Crippen LogP contribution in [0, 0.1) is 45.3 Å². The van der Waals surface area contributed by atoms with E-state index in [1.54, 1.807) is 6.92 Å². The standard InChI is InChI=1S/C30H44O6/c1-16(12-18(31)13-17(2)26(35)36)20-14-24(34)30(7)19-8-9-22-27(3,4)23(33)10-11-28(22,5)25(19)21(32)15-29(20,30)6/h16-17,20,22,24,34H,8-15H2,1-7H3,(H,35,36)/t16-,17-,20-,22+,24+,28+,29-,30-/m1/s1. The summed E-state index contributed by atoms with van der Waals surface area (Å²) in [4.78, 5) is 50.8. The van der Waals surface area contributed by atoms with Crippen LogP contribution in [0.15, 0.2) is 11.1 Å². The summed E-state index contributed by atoms with van der Waals surface area (Å²) in [5.74, 6) is -1.29. The van der Waals surface area contributed by atoms with Gasteiger partial charge in [-0.2, -0.15) is 0 Å². The summed E-state index contributed by atoms with van der Waals surface area (Å²) in [5, 5.41) is 20.8. The maximum atomic E-state index is 14.0. The van der Waals surface area contributed by atoms with Crippen LogP contribution in [0.5, 0.6) is 0 Å². The number of hydrogen-bond acceptors (Lipinski definition) is 5. The largest absolute Gasteiger partial charge is 0.481 e. The molecule has 6 nitrogen and oxygen atoms in total. The minimum atomic E-state index is -0.971. The van der Waals surface area contributed by atoms with Crippen molar-refractivity contribution in [2.75, 3.05) is 0 Å². The maximum absolute atomic E-state index is 14.0. The molecule has 0 aromatic rings. The van der Waals surface area contributed by atoms with E-state index in [1.807, 2.05) is 20.8 Å². The Morgan fingerprint density at radius 3 is 2.28 bits per heavy atom. The number of Topliss-reactive ketones (excluding diaryl/α,β-unsaturated/α-hetero) is 3. The number of carbonyl (C=O) groups is 4. The van der Waals surface area contributed by atoms with Crippen LogP contribution in [0.4, 0.5) is 0 Å². The highest BCUT2D eigenvalue weighted by molar-refractivity contribution is 6.00. The van der Waals surface area contributed by atoms with Crippen LogP contribution in [-0.2, 0) is 19.2 Å². The fraction of sp³-hybridized carbons (Fsp3) is 0.800. The van der Waals surface area contributed by atoms with Gasteiger partial charge in [0, 0.05) is 47.5 Å². The van der Waals surface area contributed by atoms with Crippen LogP contribution in [-0.4, -0.2) is 39.6 Å². The number of aliphatic hydroxyl groups is 1. The topological polar surface area (TPSA) is 109 Å². The van der Waals surface area contributed by atoms with E-state index in [0.717, 1.165) is 24.0 Å². The van der Waals surface area contributed by atoms with Gasteiger partial charge in [0.25, 0.3) is 0 Å². The lowest BCUT2D eigenvalue weighted by atomic mass is 9.43. The Kier molecular flexibility index (Phi) is 6.51. The van der Waals surface area contributed by atoms with Crippen LogP contribution < -0.4 is 0 Å². The molecule has 2 N–H and O–H groups in total. The molecular weight excluding hydrogens is 456 g/mol. The molecule has 0 saturated heterocycles. The second-order valence-corrected chi connectivity index (χ2v) is 13.7. The molecule has 0 bridgehead atoms. The van der Waals surface area contributed by atoms with Crippen molar-refractivity contribution in [2.24, 2.45) is 45.3 Å². The molecule has 0 radical (unpaired) electrons. The molecule has 4 aliphatic rings. The fourth-order valence-electron chi connectivity index (χ4n) is 9.26. The zero-order valence-electron chi connectivity index (χ0n) is 23.1. The molecule has 0 aromatic carbocycles. The molecule has 36 heavy (non-hydrogen) atoms. The maximum Gasteiger partial charge on any atom is 0.306 e. The number of hydrogen-bond donors (Lipinski definition) is 2. The molecule has 0 unspecified atom stereocenters. The number of carboxylic acid groups (broad SMARTS) is 1. The number of aliphatic carboxylic acids is 1. The van der Waals surface area contributed by atoms with Crippen molar-refractivity contribution in [1.29, 1.82) is 0 Å². The van der Waals surface area contributed by atoms with Crippen molar-refractivity contribution in [1.82, 2.24) is 0 Å². The molecule has 8 atom stereocenters. The highest BCUT2D eigenvalue weighted by Gasteiger charge is 2.68. The van der Waals surface area contributed by atoms with E-state index in [2.05, 4.69) is 20.8 Å². The van der Waals surface area contributed by atoms with Crippen LogP contribution in [0.2, 0.25) is 0 Å². The molecule has 4 rings (SSSR count). The first-order chi connectivity index (χ1) is 16.5. The minimum absolute atomic E-state index is 0.00537. The molecule has 2 saturated carbocycles. The molecule has 200 valence electrons. The number of ketones is 3. The number of fused-ring (bicyclic) bond motifs is 4. The number of aliphatic hydroxyl groups excluding tert-OH is 1. The predicted molar refractivity (Wildman–Crippen MR) is 136 cm³/mol. The normalized spacial score (nSPS) is 41.3. The first kappa shape index (κ1) is 27.2. The zero-order chi connectivity index (χ0) is 27.0. The van der Waals surface area contributed by atoms with Crippen molar-refractivity contribution in [3.63, 3.8) is 0 Å². The summed E-state index contributed by atoms with van der Waals surface area (Å²) in [6.07, 6.45) is 3.25. The second-order valence-electron chi connectivity index (χ2n) is 13.7. The van der Waals surface area contributed by atoms with Gasteiger partial charge >= 0.3 is 5.97 Å². The van der Waals surface area contributed by atoms with Crippen molar-refractivity contribution in [2.45, 2.75) is 106 Å². The lowest BCUT2D eigenvalue weighted by Gasteiger charge is -2.60. The first-order valence-corrected chi connectivity index (χ1v) is 13.7.